The average Bonchev–Trinajstić information content (AvgIpc) is 2.75. The van der Waals surface area contributed by atoms with Crippen molar-refractivity contribution in [3.63, 3.8) is 0 Å². The summed E-state index contributed by atoms with van der Waals surface area (Å²) in [6, 6.07) is 5.28. The van der Waals surface area contributed by atoms with Gasteiger partial charge in [0.2, 0.25) is 0 Å². The van der Waals surface area contributed by atoms with Crippen LogP contribution >= 0.6 is 11.6 Å². The molecule has 1 aliphatic rings. The topological polar surface area (TPSA) is 54.7 Å². The smallest absolute Gasteiger partial charge is 0.262 e. The van der Waals surface area contributed by atoms with Crippen molar-refractivity contribution in [1.29, 1.82) is 0 Å². The van der Waals surface area contributed by atoms with E-state index in [1.807, 2.05) is 13.0 Å². The Kier molecular flexibility index (Phi) is 3.32. The zero-order valence-electron chi connectivity index (χ0n) is 11.0. The highest BCUT2D eigenvalue weighted by Gasteiger charge is 2.31. The van der Waals surface area contributed by atoms with Crippen LogP contribution in [0, 0.1) is 0 Å². The molecule has 0 unspecified atom stereocenters. The van der Waals surface area contributed by atoms with E-state index >= 15 is 0 Å². The second kappa shape index (κ2) is 4.87. The number of rotatable bonds is 2. The van der Waals surface area contributed by atoms with E-state index in [4.69, 9.17) is 11.6 Å². The molecule has 0 saturated heterocycles. The van der Waals surface area contributed by atoms with Crippen LogP contribution in [0.5, 0.6) is 0 Å². The third-order valence-electron chi connectivity index (χ3n) is 3.43. The fourth-order valence-electron chi connectivity index (χ4n) is 2.27. The summed E-state index contributed by atoms with van der Waals surface area (Å²) in [6.07, 6.45) is 4.33. The third kappa shape index (κ3) is 2.13. The van der Waals surface area contributed by atoms with Gasteiger partial charge in [-0.1, -0.05) is 29.3 Å². The number of nitrogens with zero attached hydrogens (tertiary/aromatic N) is 3. The summed E-state index contributed by atoms with van der Waals surface area (Å²) in [5.74, 6) is 0. The van der Waals surface area contributed by atoms with Crippen molar-refractivity contribution >= 4 is 27.3 Å². The highest BCUT2D eigenvalue weighted by Crippen LogP contribution is 2.27. The lowest BCUT2D eigenvalue weighted by Gasteiger charge is -2.24. The molecule has 2 aromatic heterocycles. The molecular weight excluding hydrogens is 298 g/mol. The van der Waals surface area contributed by atoms with Gasteiger partial charge in [-0.2, -0.15) is 4.31 Å². The molecule has 0 saturated carbocycles. The van der Waals surface area contributed by atoms with Crippen molar-refractivity contribution in [3.05, 3.63) is 41.2 Å². The Bertz CT molecular complexity index is 795. The molecule has 0 fully saturated rings. The van der Waals surface area contributed by atoms with Gasteiger partial charge in [0.25, 0.3) is 10.0 Å². The normalized spacial score (nSPS) is 17.4. The maximum absolute atomic E-state index is 12.7. The lowest BCUT2D eigenvalue weighted by molar-refractivity contribution is 0.428. The van der Waals surface area contributed by atoms with Crippen molar-refractivity contribution in [3.8, 4) is 0 Å². The van der Waals surface area contributed by atoms with Crippen LogP contribution in [-0.4, -0.2) is 35.2 Å². The molecule has 106 valence electrons. The largest absolute Gasteiger partial charge is 0.288 e. The summed E-state index contributed by atoms with van der Waals surface area (Å²) in [7, 11) is -3.64. The van der Waals surface area contributed by atoms with Crippen LogP contribution in [-0.2, 0) is 10.0 Å². The first-order valence-electron chi connectivity index (χ1n) is 6.28. The van der Waals surface area contributed by atoms with Gasteiger partial charge in [0.1, 0.15) is 5.65 Å². The van der Waals surface area contributed by atoms with Crippen LogP contribution in [0.4, 0.5) is 0 Å². The Hall–Kier alpha value is -1.37. The molecule has 0 spiro atoms. The van der Waals surface area contributed by atoms with Crippen LogP contribution in [0.3, 0.4) is 0 Å². The zero-order valence-corrected chi connectivity index (χ0v) is 12.5. The zero-order chi connectivity index (χ0) is 14.3. The third-order valence-corrected chi connectivity index (χ3v) is 5.70. The molecule has 3 rings (SSSR count). The van der Waals surface area contributed by atoms with Crippen molar-refractivity contribution in [1.82, 2.24) is 13.7 Å². The van der Waals surface area contributed by atoms with Gasteiger partial charge < -0.3 is 0 Å². The molecule has 0 atom stereocenters. The maximum Gasteiger partial charge on any atom is 0.262 e. The minimum Gasteiger partial charge on any atom is -0.288 e. The summed E-state index contributed by atoms with van der Waals surface area (Å²) in [6.45, 7) is 2.86. The summed E-state index contributed by atoms with van der Waals surface area (Å²) < 4.78 is 28.4. The molecule has 0 aromatic carbocycles. The number of sulfonamides is 1. The van der Waals surface area contributed by atoms with Crippen LogP contribution in [0.15, 0.2) is 41.1 Å². The van der Waals surface area contributed by atoms with Gasteiger partial charge in [0.15, 0.2) is 10.2 Å². The number of hydrogen-bond acceptors (Lipinski definition) is 3. The molecule has 3 heterocycles. The predicted octanol–water partition coefficient (Wildman–Crippen LogP) is 2.33. The van der Waals surface area contributed by atoms with Gasteiger partial charge >= 0.3 is 0 Å². The standard InChI is InChI=1S/C13H14ClN3O2S/c1-10-5-8-16(9-6-10)20(18,19)13-12(14)15-11-4-2-3-7-17(11)13/h2-5,7H,6,8-9H2,1H3. The van der Waals surface area contributed by atoms with E-state index in [-0.39, 0.29) is 10.2 Å². The van der Waals surface area contributed by atoms with Gasteiger partial charge in [0, 0.05) is 19.3 Å². The second-order valence-corrected chi connectivity index (χ2v) is 7.01. The molecule has 2 aromatic rings. The SMILES string of the molecule is CC1=CCN(S(=O)(=O)c2c(Cl)nc3ccccn23)CC1. The van der Waals surface area contributed by atoms with E-state index in [9.17, 15) is 8.42 Å². The molecule has 0 amide bonds. The number of fused-ring (bicyclic) bond motifs is 1. The fraction of sp³-hybridized carbons (Fsp3) is 0.308. The first-order chi connectivity index (χ1) is 9.50. The van der Waals surface area contributed by atoms with Gasteiger partial charge in [-0.3, -0.25) is 4.40 Å². The van der Waals surface area contributed by atoms with Crippen molar-refractivity contribution in [2.24, 2.45) is 0 Å². The molecule has 20 heavy (non-hydrogen) atoms. The summed E-state index contributed by atoms with van der Waals surface area (Å²) in [4.78, 5) is 4.10. The van der Waals surface area contributed by atoms with Gasteiger partial charge in [-0.05, 0) is 25.5 Å². The van der Waals surface area contributed by atoms with Crippen LogP contribution in [0.2, 0.25) is 5.15 Å². The molecule has 0 radical (unpaired) electrons. The number of imidazole rings is 1. The van der Waals surface area contributed by atoms with Crippen molar-refractivity contribution < 1.29 is 8.42 Å². The van der Waals surface area contributed by atoms with Crippen molar-refractivity contribution in [2.75, 3.05) is 13.1 Å². The van der Waals surface area contributed by atoms with Gasteiger partial charge in [-0.25, -0.2) is 13.4 Å². The molecule has 1 aliphatic heterocycles. The highest BCUT2D eigenvalue weighted by atomic mass is 35.5. The van der Waals surface area contributed by atoms with E-state index in [1.54, 1.807) is 24.4 Å². The maximum atomic E-state index is 12.7. The molecule has 0 bridgehead atoms. The quantitative estimate of drug-likeness (QED) is 0.800. The number of aromatic nitrogens is 2. The molecular formula is C13H14ClN3O2S. The highest BCUT2D eigenvalue weighted by molar-refractivity contribution is 7.89. The Morgan fingerprint density at radius 1 is 1.35 bits per heavy atom. The number of hydrogen-bond donors (Lipinski definition) is 0. The summed E-state index contributed by atoms with van der Waals surface area (Å²) >= 11 is 6.05. The molecule has 0 N–H and O–H groups in total. The second-order valence-electron chi connectivity index (χ2n) is 4.80. The first kappa shape index (κ1) is 13.6. The number of pyridine rings is 1. The Balaban J connectivity index is 2.12. The van der Waals surface area contributed by atoms with Crippen LogP contribution in [0.25, 0.3) is 5.65 Å². The minimum atomic E-state index is -3.64. The van der Waals surface area contributed by atoms with E-state index in [2.05, 4.69) is 4.98 Å². The average molecular weight is 312 g/mol. The lowest BCUT2D eigenvalue weighted by atomic mass is 10.1. The summed E-state index contributed by atoms with van der Waals surface area (Å²) in [5, 5.41) is 0.0604. The van der Waals surface area contributed by atoms with Gasteiger partial charge in [-0.15, -0.1) is 0 Å². The van der Waals surface area contributed by atoms with Crippen molar-refractivity contribution in [2.45, 2.75) is 18.4 Å². The van der Waals surface area contributed by atoms with Crippen LogP contribution in [0.1, 0.15) is 13.3 Å². The number of halogens is 1. The van der Waals surface area contributed by atoms with E-state index in [0.29, 0.717) is 18.7 Å². The Morgan fingerprint density at radius 3 is 2.85 bits per heavy atom. The lowest BCUT2D eigenvalue weighted by Crippen LogP contribution is -2.35. The van der Waals surface area contributed by atoms with E-state index in [0.717, 1.165) is 6.42 Å². The van der Waals surface area contributed by atoms with E-state index in [1.165, 1.54) is 14.3 Å². The fourth-order valence-corrected chi connectivity index (χ4v) is 4.25. The van der Waals surface area contributed by atoms with Gasteiger partial charge in [0.05, 0.1) is 0 Å². The molecule has 0 aliphatic carbocycles. The predicted molar refractivity (Wildman–Crippen MR) is 77.3 cm³/mol. The minimum absolute atomic E-state index is 0.0162. The Morgan fingerprint density at radius 2 is 2.15 bits per heavy atom. The summed E-state index contributed by atoms with van der Waals surface area (Å²) in [5.41, 5.74) is 1.74. The molecule has 7 heteroatoms. The van der Waals surface area contributed by atoms with E-state index < -0.39 is 10.0 Å². The monoisotopic (exact) mass is 311 g/mol. The molecule has 5 nitrogen and oxygen atoms in total. The van der Waals surface area contributed by atoms with Crippen LogP contribution < -0.4 is 0 Å². The Labute approximate surface area is 122 Å². The first-order valence-corrected chi connectivity index (χ1v) is 8.10.